The van der Waals surface area contributed by atoms with Crippen LogP contribution in [0.5, 0.6) is 0 Å². The number of rotatable bonds is 5. The summed E-state index contributed by atoms with van der Waals surface area (Å²) in [5.74, 6) is 0.298. The first-order valence-corrected chi connectivity index (χ1v) is 8.40. The molecular formula is C16H18N8O4. The molecule has 6 N–H and O–H groups in total. The summed E-state index contributed by atoms with van der Waals surface area (Å²) in [5, 5.41) is 34.0. The number of nitrogens with zero attached hydrogens (tertiary/aromatic N) is 6. The van der Waals surface area contributed by atoms with E-state index >= 15 is 0 Å². The Bertz CT molecular complexity index is 995. The number of aliphatic hydroxyl groups is 3. The van der Waals surface area contributed by atoms with E-state index in [0.29, 0.717) is 0 Å². The van der Waals surface area contributed by atoms with Crippen molar-refractivity contribution in [3.63, 3.8) is 0 Å². The number of nitrogens with one attached hydrogen (secondary N) is 1. The van der Waals surface area contributed by atoms with E-state index in [1.54, 1.807) is 18.5 Å². The Morgan fingerprint density at radius 2 is 2.18 bits per heavy atom. The van der Waals surface area contributed by atoms with Gasteiger partial charge in [-0.1, -0.05) is 6.07 Å². The summed E-state index contributed by atoms with van der Waals surface area (Å²) < 4.78 is 7.02. The van der Waals surface area contributed by atoms with Crippen LogP contribution in [0.3, 0.4) is 0 Å². The van der Waals surface area contributed by atoms with E-state index in [1.165, 1.54) is 17.1 Å². The zero-order valence-corrected chi connectivity index (χ0v) is 14.5. The standard InChI is InChI=1S/C16H18N8O4/c17-13-10-14(20-7-19-13)24(15-12(27)11(26)9(6-25)28-15)16(22-10)23-21-5-8-2-1-3-18-4-8/h1-5,7,9,11-12,15,25-27H,6H2,(H,22,23)(H2,17,19,20)/t9-,11-,12-,15-/m0/s1. The molecule has 1 aliphatic rings. The summed E-state index contributed by atoms with van der Waals surface area (Å²) >= 11 is 0. The van der Waals surface area contributed by atoms with Crippen LogP contribution < -0.4 is 11.2 Å². The van der Waals surface area contributed by atoms with Crippen molar-refractivity contribution < 1.29 is 20.1 Å². The SMILES string of the molecule is Nc1ncnc2c1nc(NN=Cc1cccnc1)n2[C@H]1O[C@@H](CO)[C@H](O)[C@@H]1O. The van der Waals surface area contributed by atoms with Crippen molar-refractivity contribution in [2.45, 2.75) is 24.5 Å². The third kappa shape index (κ3) is 3.14. The van der Waals surface area contributed by atoms with E-state index in [4.69, 9.17) is 10.5 Å². The molecule has 1 aliphatic heterocycles. The van der Waals surface area contributed by atoms with Crippen molar-refractivity contribution in [3.8, 4) is 0 Å². The van der Waals surface area contributed by atoms with Gasteiger partial charge in [0.1, 0.15) is 24.6 Å². The average Bonchev–Trinajstić information content (AvgIpc) is 3.21. The maximum Gasteiger partial charge on any atom is 0.228 e. The molecule has 0 saturated carbocycles. The molecule has 4 rings (SSSR count). The normalized spacial score (nSPS) is 25.0. The number of hydrogen-bond donors (Lipinski definition) is 5. The lowest BCUT2D eigenvalue weighted by Crippen LogP contribution is -2.33. The second-order valence-corrected chi connectivity index (χ2v) is 6.12. The molecule has 0 aliphatic carbocycles. The van der Waals surface area contributed by atoms with Gasteiger partial charge < -0.3 is 25.8 Å². The van der Waals surface area contributed by atoms with Crippen LogP contribution >= 0.6 is 0 Å². The Morgan fingerprint density at radius 1 is 1.32 bits per heavy atom. The summed E-state index contributed by atoms with van der Waals surface area (Å²) in [6, 6.07) is 3.59. The van der Waals surface area contributed by atoms with Gasteiger partial charge in [0.15, 0.2) is 23.2 Å². The maximum absolute atomic E-state index is 10.4. The van der Waals surface area contributed by atoms with E-state index in [-0.39, 0.29) is 22.9 Å². The lowest BCUT2D eigenvalue weighted by atomic mass is 10.1. The molecule has 0 spiro atoms. The van der Waals surface area contributed by atoms with Gasteiger partial charge in [0.05, 0.1) is 12.8 Å². The van der Waals surface area contributed by atoms with Crippen molar-refractivity contribution in [2.75, 3.05) is 17.8 Å². The van der Waals surface area contributed by atoms with Gasteiger partial charge in [-0.15, -0.1) is 0 Å². The zero-order valence-electron chi connectivity index (χ0n) is 14.5. The number of hydrazone groups is 1. The Labute approximate surface area is 158 Å². The Kier molecular flexibility index (Phi) is 4.83. The molecule has 3 aromatic heterocycles. The molecule has 0 radical (unpaired) electrons. The van der Waals surface area contributed by atoms with Crippen LogP contribution in [-0.2, 0) is 4.74 Å². The molecule has 0 amide bonds. The molecule has 1 saturated heterocycles. The number of ether oxygens (including phenoxy) is 1. The summed E-state index contributed by atoms with van der Waals surface area (Å²) in [5.41, 5.74) is 9.95. The lowest BCUT2D eigenvalue weighted by molar-refractivity contribution is -0.0501. The molecule has 1 fully saturated rings. The third-order valence-corrected chi connectivity index (χ3v) is 4.34. The molecule has 0 aromatic carbocycles. The maximum atomic E-state index is 10.4. The van der Waals surface area contributed by atoms with Crippen molar-refractivity contribution in [1.29, 1.82) is 0 Å². The van der Waals surface area contributed by atoms with Crippen LogP contribution in [0.15, 0.2) is 36.0 Å². The molecule has 4 atom stereocenters. The quantitative estimate of drug-likeness (QED) is 0.266. The number of pyridine rings is 1. The van der Waals surface area contributed by atoms with E-state index < -0.39 is 31.1 Å². The largest absolute Gasteiger partial charge is 0.394 e. The molecule has 146 valence electrons. The molecule has 0 bridgehead atoms. The molecule has 28 heavy (non-hydrogen) atoms. The number of anilines is 2. The Hall–Kier alpha value is -3.19. The van der Waals surface area contributed by atoms with Crippen LogP contribution in [0.1, 0.15) is 11.8 Å². The van der Waals surface area contributed by atoms with Gasteiger partial charge in [0.2, 0.25) is 5.95 Å². The molecule has 0 unspecified atom stereocenters. The molecule has 12 heteroatoms. The van der Waals surface area contributed by atoms with E-state index in [2.05, 4.69) is 30.5 Å². The Balaban J connectivity index is 1.73. The predicted molar refractivity (Wildman–Crippen MR) is 98.2 cm³/mol. The first-order chi connectivity index (χ1) is 13.6. The van der Waals surface area contributed by atoms with Gasteiger partial charge in [-0.3, -0.25) is 9.55 Å². The minimum absolute atomic E-state index is 0.134. The highest BCUT2D eigenvalue weighted by atomic mass is 16.6. The predicted octanol–water partition coefficient (Wildman–Crippen LogP) is -1.14. The molecule has 12 nitrogen and oxygen atoms in total. The van der Waals surface area contributed by atoms with Crippen LogP contribution in [-0.4, -0.2) is 71.0 Å². The van der Waals surface area contributed by atoms with Crippen molar-refractivity contribution in [3.05, 3.63) is 36.4 Å². The minimum Gasteiger partial charge on any atom is -0.394 e. The number of aliphatic hydroxyl groups excluding tert-OH is 3. The van der Waals surface area contributed by atoms with Crippen LogP contribution in [0.25, 0.3) is 11.2 Å². The summed E-state index contributed by atoms with van der Waals surface area (Å²) in [6.07, 6.45) is 1.43. The number of nitrogens with two attached hydrogens (primary N) is 1. The van der Waals surface area contributed by atoms with Gasteiger partial charge in [-0.25, -0.2) is 20.4 Å². The molecular weight excluding hydrogens is 368 g/mol. The Morgan fingerprint density at radius 3 is 2.89 bits per heavy atom. The van der Waals surface area contributed by atoms with Crippen molar-refractivity contribution in [1.82, 2.24) is 24.5 Å². The van der Waals surface area contributed by atoms with Gasteiger partial charge in [-0.05, 0) is 6.07 Å². The van der Waals surface area contributed by atoms with E-state index in [0.717, 1.165) is 5.56 Å². The van der Waals surface area contributed by atoms with Gasteiger partial charge in [-0.2, -0.15) is 5.10 Å². The van der Waals surface area contributed by atoms with Crippen LogP contribution in [0, 0.1) is 0 Å². The highest BCUT2D eigenvalue weighted by Crippen LogP contribution is 2.35. The molecule has 4 heterocycles. The number of imidazole rings is 1. The third-order valence-electron chi connectivity index (χ3n) is 4.34. The van der Waals surface area contributed by atoms with Crippen molar-refractivity contribution >= 4 is 29.1 Å². The van der Waals surface area contributed by atoms with E-state index in [1.807, 2.05) is 6.07 Å². The smallest absolute Gasteiger partial charge is 0.228 e. The zero-order chi connectivity index (χ0) is 19.7. The fourth-order valence-electron chi connectivity index (χ4n) is 2.96. The lowest BCUT2D eigenvalue weighted by Gasteiger charge is -2.18. The van der Waals surface area contributed by atoms with Crippen molar-refractivity contribution in [2.24, 2.45) is 5.10 Å². The van der Waals surface area contributed by atoms with E-state index in [9.17, 15) is 15.3 Å². The fourth-order valence-corrected chi connectivity index (χ4v) is 2.96. The van der Waals surface area contributed by atoms with Gasteiger partial charge in [0.25, 0.3) is 0 Å². The second-order valence-electron chi connectivity index (χ2n) is 6.12. The number of aromatic nitrogens is 5. The highest BCUT2D eigenvalue weighted by molar-refractivity contribution is 5.84. The minimum atomic E-state index is -1.33. The summed E-state index contributed by atoms with van der Waals surface area (Å²) in [4.78, 5) is 16.4. The van der Waals surface area contributed by atoms with Gasteiger partial charge in [0, 0.05) is 18.0 Å². The number of fused-ring (bicyclic) bond motifs is 1. The summed E-state index contributed by atoms with van der Waals surface area (Å²) in [6.45, 7) is -0.458. The highest BCUT2D eigenvalue weighted by Gasteiger charge is 2.45. The fraction of sp³-hybridized carbons (Fsp3) is 0.312. The monoisotopic (exact) mass is 386 g/mol. The average molecular weight is 386 g/mol. The number of hydrogen-bond acceptors (Lipinski definition) is 11. The number of nitrogen functional groups attached to an aromatic ring is 1. The van der Waals surface area contributed by atoms with Crippen LogP contribution in [0.4, 0.5) is 11.8 Å². The first kappa shape index (κ1) is 18.2. The summed E-state index contributed by atoms with van der Waals surface area (Å²) in [7, 11) is 0. The first-order valence-electron chi connectivity index (χ1n) is 8.40. The second kappa shape index (κ2) is 7.44. The topological polar surface area (TPSA) is 177 Å². The van der Waals surface area contributed by atoms with Gasteiger partial charge >= 0.3 is 0 Å². The van der Waals surface area contributed by atoms with Crippen LogP contribution in [0.2, 0.25) is 0 Å². The molecule has 3 aromatic rings.